The van der Waals surface area contributed by atoms with E-state index in [4.69, 9.17) is 0 Å². The summed E-state index contributed by atoms with van der Waals surface area (Å²) in [7, 11) is 0. The zero-order valence-electron chi connectivity index (χ0n) is 22.2. The minimum atomic E-state index is -0.0692. The largest absolute Gasteiger partial charge is 0.0622 e. The van der Waals surface area contributed by atoms with Gasteiger partial charge in [0.25, 0.3) is 0 Å². The van der Waals surface area contributed by atoms with E-state index >= 15 is 0 Å². The summed E-state index contributed by atoms with van der Waals surface area (Å²) < 4.78 is 0. The summed E-state index contributed by atoms with van der Waals surface area (Å²) in [5, 5.41) is 7.80. The molecule has 1 aliphatic carbocycles. The zero-order valence-corrected chi connectivity index (χ0v) is 22.2. The van der Waals surface area contributed by atoms with E-state index in [1.54, 1.807) is 0 Å². The van der Waals surface area contributed by atoms with E-state index in [0.29, 0.717) is 0 Å². The molecule has 0 bridgehead atoms. The van der Waals surface area contributed by atoms with Crippen LogP contribution in [0.2, 0.25) is 0 Å². The molecule has 0 saturated carbocycles. The fourth-order valence-electron chi connectivity index (χ4n) is 6.92. The fourth-order valence-corrected chi connectivity index (χ4v) is 6.92. The van der Waals surface area contributed by atoms with Crippen molar-refractivity contribution in [3.63, 3.8) is 0 Å². The van der Waals surface area contributed by atoms with E-state index in [-0.39, 0.29) is 5.41 Å². The van der Waals surface area contributed by atoms with E-state index in [1.165, 1.54) is 76.8 Å². The Bertz CT molecular complexity index is 2080. The molecule has 0 aliphatic heterocycles. The second-order valence-electron chi connectivity index (χ2n) is 11.3. The van der Waals surface area contributed by atoms with Crippen molar-refractivity contribution in [1.82, 2.24) is 0 Å². The maximum atomic E-state index is 2.51. The van der Waals surface area contributed by atoms with Gasteiger partial charge < -0.3 is 0 Å². The van der Waals surface area contributed by atoms with Crippen LogP contribution in [0.4, 0.5) is 0 Å². The normalized spacial score (nSPS) is 13.6. The minimum absolute atomic E-state index is 0.0692. The molecule has 0 heterocycles. The smallest absolute Gasteiger partial charge is 0.0159 e. The lowest BCUT2D eigenvalue weighted by atomic mass is 9.79. The summed E-state index contributed by atoms with van der Waals surface area (Å²) in [4.78, 5) is 0. The lowest BCUT2D eigenvalue weighted by molar-refractivity contribution is 0.661. The molecule has 7 aromatic rings. The van der Waals surface area contributed by atoms with Crippen LogP contribution in [0.3, 0.4) is 0 Å². The van der Waals surface area contributed by atoms with Crippen molar-refractivity contribution in [2.45, 2.75) is 19.3 Å². The first-order valence-electron chi connectivity index (χ1n) is 13.8. The summed E-state index contributed by atoms with van der Waals surface area (Å²) in [6.45, 7) is 4.76. The van der Waals surface area contributed by atoms with Crippen LogP contribution >= 0.6 is 0 Å². The van der Waals surface area contributed by atoms with Gasteiger partial charge in [0, 0.05) is 5.41 Å². The summed E-state index contributed by atoms with van der Waals surface area (Å²) in [5.74, 6) is 0. The summed E-state index contributed by atoms with van der Waals surface area (Å²) in [6, 6.07) is 49.4. The highest BCUT2D eigenvalue weighted by atomic mass is 14.4. The molecule has 0 heteroatoms. The van der Waals surface area contributed by atoms with Crippen molar-refractivity contribution in [2.24, 2.45) is 0 Å². The molecule has 0 nitrogen and oxygen atoms in total. The molecule has 0 radical (unpaired) electrons. The lowest BCUT2D eigenvalue weighted by Crippen LogP contribution is -2.15. The molecule has 0 atom stereocenters. The maximum absolute atomic E-state index is 2.51. The molecule has 0 amide bonds. The van der Waals surface area contributed by atoms with Crippen LogP contribution in [0.25, 0.3) is 65.7 Å². The van der Waals surface area contributed by atoms with Crippen LogP contribution in [-0.2, 0) is 5.41 Å². The molecule has 0 aromatic heterocycles. The van der Waals surface area contributed by atoms with Crippen LogP contribution in [0.5, 0.6) is 0 Å². The first-order valence-corrected chi connectivity index (χ1v) is 13.8. The van der Waals surface area contributed by atoms with Crippen molar-refractivity contribution in [3.8, 4) is 33.4 Å². The third-order valence-electron chi connectivity index (χ3n) is 8.83. The van der Waals surface area contributed by atoms with E-state index in [9.17, 15) is 0 Å². The predicted molar refractivity (Wildman–Crippen MR) is 167 cm³/mol. The maximum Gasteiger partial charge on any atom is 0.0159 e. The second kappa shape index (κ2) is 8.16. The molecule has 39 heavy (non-hydrogen) atoms. The van der Waals surface area contributed by atoms with Gasteiger partial charge in [-0.3, -0.25) is 0 Å². The first-order chi connectivity index (χ1) is 19.1. The van der Waals surface area contributed by atoms with Crippen LogP contribution < -0.4 is 0 Å². The van der Waals surface area contributed by atoms with Gasteiger partial charge in [-0.25, -0.2) is 0 Å². The van der Waals surface area contributed by atoms with Gasteiger partial charge in [0.1, 0.15) is 0 Å². The van der Waals surface area contributed by atoms with Crippen molar-refractivity contribution >= 4 is 32.3 Å². The monoisotopic (exact) mass is 496 g/mol. The van der Waals surface area contributed by atoms with Gasteiger partial charge in [0.15, 0.2) is 0 Å². The predicted octanol–water partition coefficient (Wildman–Crippen LogP) is 10.8. The highest BCUT2D eigenvalue weighted by molar-refractivity contribution is 6.19. The van der Waals surface area contributed by atoms with E-state index in [2.05, 4.69) is 147 Å². The molecule has 0 saturated heterocycles. The molecule has 7 aromatic carbocycles. The molecular weight excluding hydrogens is 468 g/mol. The summed E-state index contributed by atoms with van der Waals surface area (Å²) >= 11 is 0. The number of hydrogen-bond donors (Lipinski definition) is 0. The van der Waals surface area contributed by atoms with Crippen LogP contribution in [0, 0.1) is 0 Å². The lowest BCUT2D eigenvalue weighted by Gasteiger charge is -2.24. The van der Waals surface area contributed by atoms with Gasteiger partial charge in [-0.15, -0.1) is 0 Å². The summed E-state index contributed by atoms with van der Waals surface area (Å²) in [6.07, 6.45) is 0. The van der Waals surface area contributed by atoms with Crippen molar-refractivity contribution in [1.29, 1.82) is 0 Å². The quantitative estimate of drug-likeness (QED) is 0.209. The fraction of sp³-hybridized carbons (Fsp3) is 0.0769. The Morgan fingerprint density at radius 1 is 0.385 bits per heavy atom. The van der Waals surface area contributed by atoms with E-state index in [0.717, 1.165) is 0 Å². The Balaban J connectivity index is 1.54. The summed E-state index contributed by atoms with van der Waals surface area (Å²) in [5.41, 5.74) is 10.7. The van der Waals surface area contributed by atoms with E-state index < -0.39 is 0 Å². The van der Waals surface area contributed by atoms with Crippen molar-refractivity contribution in [2.75, 3.05) is 0 Å². The van der Waals surface area contributed by atoms with Gasteiger partial charge in [0.05, 0.1) is 0 Å². The van der Waals surface area contributed by atoms with Gasteiger partial charge in [-0.05, 0) is 95.0 Å². The highest BCUT2D eigenvalue weighted by Gasteiger charge is 2.37. The average molecular weight is 497 g/mol. The standard InChI is InChI=1S/C39H28/c1-39(2)35-19-11-10-18-32(35)38-31-17-9-8-16-30(31)34(24-36(38)39)37-29-15-7-6-14-27(29)22-28-21-20-26(23-33(28)37)25-12-4-3-5-13-25/h3-24H,1-2H3. The van der Waals surface area contributed by atoms with Crippen LogP contribution in [0.15, 0.2) is 133 Å². The topological polar surface area (TPSA) is 0 Å². The molecule has 1 aliphatic rings. The van der Waals surface area contributed by atoms with Gasteiger partial charge in [-0.1, -0.05) is 129 Å². The van der Waals surface area contributed by atoms with Crippen molar-refractivity contribution < 1.29 is 0 Å². The molecule has 0 fully saturated rings. The molecule has 184 valence electrons. The zero-order chi connectivity index (χ0) is 26.1. The number of rotatable bonds is 2. The van der Waals surface area contributed by atoms with Crippen molar-refractivity contribution in [3.05, 3.63) is 145 Å². The molecule has 8 rings (SSSR count). The van der Waals surface area contributed by atoms with E-state index in [1.807, 2.05) is 0 Å². The Morgan fingerprint density at radius 3 is 1.90 bits per heavy atom. The Kier molecular flexibility index (Phi) is 4.67. The third kappa shape index (κ3) is 3.18. The number of benzene rings is 7. The van der Waals surface area contributed by atoms with Crippen LogP contribution in [0.1, 0.15) is 25.0 Å². The van der Waals surface area contributed by atoms with Gasteiger partial charge in [0.2, 0.25) is 0 Å². The SMILES string of the molecule is CC1(C)c2ccccc2-c2c1cc(-c1c3ccccc3cc3ccc(-c4ccccc4)cc13)c1ccccc21. The molecule has 0 spiro atoms. The number of fused-ring (bicyclic) bond motifs is 7. The number of hydrogen-bond acceptors (Lipinski definition) is 0. The third-order valence-corrected chi connectivity index (χ3v) is 8.83. The average Bonchev–Trinajstić information content (AvgIpc) is 3.22. The Hall–Kier alpha value is -4.68. The molecule has 0 unspecified atom stereocenters. The first kappa shape index (κ1) is 22.3. The van der Waals surface area contributed by atoms with Gasteiger partial charge in [-0.2, -0.15) is 0 Å². The molecular formula is C39H28. The van der Waals surface area contributed by atoms with Gasteiger partial charge >= 0.3 is 0 Å². The minimum Gasteiger partial charge on any atom is -0.0622 e. The molecule has 0 N–H and O–H groups in total. The Labute approximate surface area is 229 Å². The second-order valence-corrected chi connectivity index (χ2v) is 11.3. The van der Waals surface area contributed by atoms with Crippen LogP contribution in [-0.4, -0.2) is 0 Å². The Morgan fingerprint density at radius 2 is 1.05 bits per heavy atom. The highest BCUT2D eigenvalue weighted by Crippen LogP contribution is 2.54.